The van der Waals surface area contributed by atoms with Crippen LogP contribution in [-0.4, -0.2) is 71.5 Å². The lowest BCUT2D eigenvalue weighted by atomic mass is 9.92. The van der Waals surface area contributed by atoms with Gasteiger partial charge in [-0.15, -0.1) is 0 Å². The second kappa shape index (κ2) is 12.5. The molecule has 2 aliphatic rings. The third kappa shape index (κ3) is 7.53. The average Bonchev–Trinajstić information content (AvgIpc) is 2.68. The van der Waals surface area contributed by atoms with Gasteiger partial charge < -0.3 is 20.8 Å². The maximum Gasteiger partial charge on any atom is 0.221 e. The van der Waals surface area contributed by atoms with Gasteiger partial charge in [0.2, 0.25) is 5.91 Å². The van der Waals surface area contributed by atoms with Crippen molar-refractivity contribution in [3.05, 3.63) is 12.2 Å². The van der Waals surface area contributed by atoms with Crippen LogP contribution in [0, 0.1) is 0 Å². The Bertz CT molecular complexity index is 458. The van der Waals surface area contributed by atoms with Crippen molar-refractivity contribution in [3.63, 3.8) is 0 Å². The minimum absolute atomic E-state index is 0.0817. The molecule has 1 saturated heterocycles. The Labute approximate surface area is 164 Å². The van der Waals surface area contributed by atoms with E-state index in [0.717, 1.165) is 71.1 Å². The zero-order valence-electron chi connectivity index (χ0n) is 16.9. The van der Waals surface area contributed by atoms with E-state index in [9.17, 15) is 15.0 Å². The van der Waals surface area contributed by atoms with Crippen molar-refractivity contribution >= 4 is 5.91 Å². The van der Waals surface area contributed by atoms with Crippen LogP contribution in [0.25, 0.3) is 0 Å². The van der Waals surface area contributed by atoms with Crippen LogP contribution in [0.2, 0.25) is 0 Å². The molecule has 2 rings (SSSR count). The number of hydrogen-bond acceptors (Lipinski definition) is 5. The molecular weight excluding hydrogens is 342 g/mol. The zero-order chi connectivity index (χ0) is 19.5. The van der Waals surface area contributed by atoms with E-state index >= 15 is 0 Å². The number of nitrogens with zero attached hydrogens (tertiary/aromatic N) is 1. The Hall–Kier alpha value is -0.950. The highest BCUT2D eigenvalue weighted by atomic mass is 16.3. The number of aliphatic hydroxyl groups is 2. The number of rotatable bonds is 6. The first-order valence-electron chi connectivity index (χ1n) is 10.9. The topological polar surface area (TPSA) is 84.8 Å². The van der Waals surface area contributed by atoms with Crippen molar-refractivity contribution in [1.82, 2.24) is 15.5 Å². The molecule has 4 N–H and O–H groups in total. The molecule has 1 fully saturated rings. The van der Waals surface area contributed by atoms with Gasteiger partial charge in [-0.25, -0.2) is 0 Å². The van der Waals surface area contributed by atoms with Crippen LogP contribution >= 0.6 is 0 Å². The number of unbranched alkanes of at least 4 members (excludes halogenated alkanes) is 2. The summed E-state index contributed by atoms with van der Waals surface area (Å²) in [6.07, 6.45) is 10.6. The summed E-state index contributed by atoms with van der Waals surface area (Å²) < 4.78 is 0. The van der Waals surface area contributed by atoms with Gasteiger partial charge in [0.05, 0.1) is 18.2 Å². The first kappa shape index (κ1) is 22.3. The van der Waals surface area contributed by atoms with Crippen LogP contribution in [-0.2, 0) is 4.79 Å². The molecule has 27 heavy (non-hydrogen) atoms. The van der Waals surface area contributed by atoms with E-state index in [1.165, 1.54) is 0 Å². The molecule has 4 atom stereocenters. The van der Waals surface area contributed by atoms with Gasteiger partial charge in [-0.1, -0.05) is 38.3 Å². The summed E-state index contributed by atoms with van der Waals surface area (Å²) in [5.41, 5.74) is 0. The van der Waals surface area contributed by atoms with Gasteiger partial charge in [0, 0.05) is 25.6 Å². The van der Waals surface area contributed by atoms with E-state index in [4.69, 9.17) is 0 Å². The van der Waals surface area contributed by atoms with Crippen LogP contribution in [0.5, 0.6) is 0 Å². The van der Waals surface area contributed by atoms with E-state index < -0.39 is 12.2 Å². The number of amides is 1. The van der Waals surface area contributed by atoms with Crippen LogP contribution in [0.15, 0.2) is 12.2 Å². The van der Waals surface area contributed by atoms with Crippen LogP contribution in [0.1, 0.15) is 64.7 Å². The van der Waals surface area contributed by atoms with E-state index in [1.807, 2.05) is 6.08 Å². The Kier molecular flexibility index (Phi) is 10.3. The summed E-state index contributed by atoms with van der Waals surface area (Å²) in [4.78, 5) is 14.6. The van der Waals surface area contributed by atoms with Crippen LogP contribution in [0.3, 0.4) is 0 Å². The standard InChI is InChI=1S/C21H39N3O3/c1-2-3-4-11-19(25)21(27)18-10-7-9-17-16-20(26)23-14-6-5-12-22-13-8-15-24(17)18/h7,10,17-19,21-22,25,27H,2-6,8-9,11-16H2,1H3,(H,23,26). The fourth-order valence-electron chi connectivity index (χ4n) is 4.11. The SMILES string of the molecule is CCCCCC(O)C(O)C1C=CCC2CC(=O)NCCCCNCCCN21. The third-order valence-corrected chi connectivity index (χ3v) is 5.73. The summed E-state index contributed by atoms with van der Waals surface area (Å²) in [5.74, 6) is 0.0873. The number of carbonyl (C=O) groups excluding carboxylic acids is 1. The molecule has 6 nitrogen and oxygen atoms in total. The second-order valence-electron chi connectivity index (χ2n) is 7.96. The summed E-state index contributed by atoms with van der Waals surface area (Å²) >= 11 is 0. The number of nitrogens with one attached hydrogen (secondary N) is 2. The average molecular weight is 382 g/mol. The van der Waals surface area contributed by atoms with E-state index in [-0.39, 0.29) is 18.0 Å². The summed E-state index contributed by atoms with van der Waals surface area (Å²) in [6, 6.07) is -0.142. The largest absolute Gasteiger partial charge is 0.390 e. The van der Waals surface area contributed by atoms with Gasteiger partial charge in [0.25, 0.3) is 0 Å². The zero-order valence-corrected chi connectivity index (χ0v) is 16.9. The second-order valence-corrected chi connectivity index (χ2v) is 7.96. The number of fused-ring (bicyclic) bond motifs is 1. The van der Waals surface area contributed by atoms with Crippen molar-refractivity contribution in [2.45, 2.75) is 89.0 Å². The molecule has 2 aliphatic heterocycles. The molecule has 0 aliphatic carbocycles. The lowest BCUT2D eigenvalue weighted by Crippen LogP contribution is -2.54. The third-order valence-electron chi connectivity index (χ3n) is 5.73. The molecule has 0 radical (unpaired) electrons. The molecule has 1 amide bonds. The van der Waals surface area contributed by atoms with E-state index in [1.54, 1.807) is 0 Å². The minimum atomic E-state index is -0.812. The first-order chi connectivity index (χ1) is 13.1. The van der Waals surface area contributed by atoms with Gasteiger partial charge in [-0.05, 0) is 45.2 Å². The minimum Gasteiger partial charge on any atom is -0.390 e. The predicted molar refractivity (Wildman–Crippen MR) is 109 cm³/mol. The Balaban J connectivity index is 2.04. The van der Waals surface area contributed by atoms with Gasteiger partial charge in [-0.3, -0.25) is 9.69 Å². The van der Waals surface area contributed by atoms with Crippen LogP contribution in [0.4, 0.5) is 0 Å². The Morgan fingerprint density at radius 2 is 1.96 bits per heavy atom. The van der Waals surface area contributed by atoms with Crippen molar-refractivity contribution in [3.8, 4) is 0 Å². The fourth-order valence-corrected chi connectivity index (χ4v) is 4.11. The van der Waals surface area contributed by atoms with Crippen molar-refractivity contribution in [1.29, 1.82) is 0 Å². The smallest absolute Gasteiger partial charge is 0.221 e. The Morgan fingerprint density at radius 3 is 2.78 bits per heavy atom. The number of aliphatic hydroxyl groups excluding tert-OH is 2. The maximum absolute atomic E-state index is 12.3. The molecule has 0 bridgehead atoms. The summed E-state index contributed by atoms with van der Waals surface area (Å²) in [7, 11) is 0. The molecule has 0 aromatic heterocycles. The number of carbonyl (C=O) groups is 1. The Morgan fingerprint density at radius 1 is 1.19 bits per heavy atom. The monoisotopic (exact) mass is 381 g/mol. The lowest BCUT2D eigenvalue weighted by molar-refractivity contribution is -0.123. The molecule has 0 aromatic rings. The van der Waals surface area contributed by atoms with Gasteiger partial charge in [-0.2, -0.15) is 0 Å². The highest BCUT2D eigenvalue weighted by Crippen LogP contribution is 2.25. The molecule has 4 unspecified atom stereocenters. The molecular formula is C21H39N3O3. The van der Waals surface area contributed by atoms with Gasteiger partial charge in [0.1, 0.15) is 0 Å². The summed E-state index contributed by atoms with van der Waals surface area (Å²) in [6.45, 7) is 5.59. The highest BCUT2D eigenvalue weighted by Gasteiger charge is 2.35. The molecule has 2 heterocycles. The lowest BCUT2D eigenvalue weighted by Gasteiger charge is -2.42. The number of hydrogen-bond donors (Lipinski definition) is 4. The quantitative estimate of drug-likeness (QED) is 0.415. The van der Waals surface area contributed by atoms with Gasteiger partial charge >= 0.3 is 0 Å². The molecule has 0 saturated carbocycles. The molecule has 0 aromatic carbocycles. The summed E-state index contributed by atoms with van der Waals surface area (Å²) in [5, 5.41) is 27.8. The fraction of sp³-hybridized carbons (Fsp3) is 0.857. The van der Waals surface area contributed by atoms with Crippen LogP contribution < -0.4 is 10.6 Å². The van der Waals surface area contributed by atoms with E-state index in [2.05, 4.69) is 28.5 Å². The van der Waals surface area contributed by atoms with Crippen molar-refractivity contribution < 1.29 is 15.0 Å². The van der Waals surface area contributed by atoms with Gasteiger partial charge in [0.15, 0.2) is 0 Å². The first-order valence-corrected chi connectivity index (χ1v) is 10.9. The predicted octanol–water partition coefficient (Wildman–Crippen LogP) is 1.57. The molecule has 0 spiro atoms. The normalized spacial score (nSPS) is 28.2. The molecule has 6 heteroatoms. The molecule has 156 valence electrons. The highest BCUT2D eigenvalue weighted by molar-refractivity contribution is 5.76. The van der Waals surface area contributed by atoms with E-state index in [0.29, 0.717) is 12.8 Å². The maximum atomic E-state index is 12.3. The van der Waals surface area contributed by atoms with Crippen molar-refractivity contribution in [2.24, 2.45) is 0 Å². The van der Waals surface area contributed by atoms with Crippen molar-refractivity contribution in [2.75, 3.05) is 26.2 Å².